The third-order valence-corrected chi connectivity index (χ3v) is 7.02. The lowest BCUT2D eigenvalue weighted by molar-refractivity contribution is 0.119. The molecule has 4 rings (SSSR count). The van der Waals surface area contributed by atoms with Gasteiger partial charge in [0.1, 0.15) is 0 Å². The van der Waals surface area contributed by atoms with Crippen LogP contribution in [0.15, 0.2) is 35.2 Å². The van der Waals surface area contributed by atoms with Crippen LogP contribution in [0.2, 0.25) is 10.0 Å². The lowest BCUT2D eigenvalue weighted by Gasteiger charge is -2.24. The molecule has 2 heterocycles. The van der Waals surface area contributed by atoms with E-state index in [2.05, 4.69) is 5.32 Å². The number of aromatic nitrogens is 1. The molecule has 2 atom stereocenters. The second-order valence-electron chi connectivity index (χ2n) is 7.06. The number of halogens is 2. The van der Waals surface area contributed by atoms with Gasteiger partial charge in [-0.25, -0.2) is 8.42 Å². The number of sulfone groups is 1. The van der Waals surface area contributed by atoms with Gasteiger partial charge < -0.3 is 15.0 Å². The number of hydrogen-bond donors (Lipinski definition) is 2. The van der Waals surface area contributed by atoms with Crippen molar-refractivity contribution in [3.8, 4) is 0 Å². The van der Waals surface area contributed by atoms with Crippen LogP contribution in [-0.4, -0.2) is 43.5 Å². The second kappa shape index (κ2) is 6.94. The molecule has 3 aromatic rings. The fraction of sp³-hybridized carbons (Fsp3) is 0.368. The highest BCUT2D eigenvalue weighted by Crippen LogP contribution is 2.41. The minimum Gasteiger partial charge on any atom is -0.390 e. The number of aliphatic hydroxyl groups excluding tert-OH is 1. The average molecular weight is 427 g/mol. The molecule has 0 aliphatic carbocycles. The van der Waals surface area contributed by atoms with Crippen molar-refractivity contribution < 1.29 is 13.5 Å². The van der Waals surface area contributed by atoms with Crippen molar-refractivity contribution in [3.05, 3.63) is 40.4 Å². The van der Waals surface area contributed by atoms with Gasteiger partial charge in [-0.3, -0.25) is 0 Å². The van der Waals surface area contributed by atoms with Crippen molar-refractivity contribution in [3.63, 3.8) is 0 Å². The Hall–Kier alpha value is -1.31. The summed E-state index contributed by atoms with van der Waals surface area (Å²) in [6.07, 6.45) is 2.28. The summed E-state index contributed by atoms with van der Waals surface area (Å²) in [6, 6.07) is 8.69. The molecule has 0 unspecified atom stereocenters. The van der Waals surface area contributed by atoms with Gasteiger partial charge in [0.15, 0.2) is 9.84 Å². The fourth-order valence-electron chi connectivity index (χ4n) is 4.09. The Balaban J connectivity index is 2.16. The Morgan fingerprint density at radius 2 is 1.93 bits per heavy atom. The van der Waals surface area contributed by atoms with Crippen LogP contribution in [0.1, 0.15) is 18.9 Å². The molecule has 1 aliphatic rings. The molecule has 144 valence electrons. The van der Waals surface area contributed by atoms with Crippen LogP contribution in [0.4, 0.5) is 0 Å². The van der Waals surface area contributed by atoms with Gasteiger partial charge in [0, 0.05) is 34.1 Å². The van der Waals surface area contributed by atoms with Crippen LogP contribution < -0.4 is 5.32 Å². The zero-order chi connectivity index (χ0) is 19.3. The van der Waals surface area contributed by atoms with Gasteiger partial charge in [0.25, 0.3) is 0 Å². The summed E-state index contributed by atoms with van der Waals surface area (Å²) in [4.78, 5) is 0.105. The first-order valence-electron chi connectivity index (χ1n) is 8.79. The van der Waals surface area contributed by atoms with E-state index in [9.17, 15) is 13.5 Å². The van der Waals surface area contributed by atoms with Crippen molar-refractivity contribution in [2.24, 2.45) is 0 Å². The molecule has 1 aromatic heterocycles. The van der Waals surface area contributed by atoms with Gasteiger partial charge in [-0.1, -0.05) is 23.2 Å². The molecule has 1 fully saturated rings. The lowest BCUT2D eigenvalue weighted by atomic mass is 10.1. The van der Waals surface area contributed by atoms with Crippen LogP contribution in [0.5, 0.6) is 0 Å². The Labute approximate surface area is 167 Å². The quantitative estimate of drug-likeness (QED) is 0.653. The number of rotatable bonds is 2. The predicted molar refractivity (Wildman–Crippen MR) is 110 cm³/mol. The van der Waals surface area contributed by atoms with Gasteiger partial charge in [-0.2, -0.15) is 0 Å². The Bertz CT molecular complexity index is 1140. The molecule has 1 aliphatic heterocycles. The minimum absolute atomic E-state index is 0.105. The normalized spacial score (nSPS) is 21.6. The molecule has 0 saturated carbocycles. The molecule has 0 spiro atoms. The summed E-state index contributed by atoms with van der Waals surface area (Å²) >= 11 is 12.5. The minimum atomic E-state index is -3.57. The van der Waals surface area contributed by atoms with Crippen LogP contribution in [-0.2, 0) is 9.84 Å². The highest BCUT2D eigenvalue weighted by molar-refractivity contribution is 7.91. The topological polar surface area (TPSA) is 71.3 Å². The number of fused-ring (bicyclic) bond motifs is 3. The standard InChI is InChI=1S/C19H20Cl2N2O3S/c1-27(25,26)19-13(21)5-7-16-18(19)12-9-11(20)4-6-14(12)23(16)15-3-2-8-22-10-17(15)24/h4-7,9,15,17,22,24H,2-3,8,10H2,1H3/t15-,17-/m0/s1. The van der Waals surface area contributed by atoms with E-state index < -0.39 is 15.9 Å². The van der Waals surface area contributed by atoms with Crippen molar-refractivity contribution in [2.75, 3.05) is 19.3 Å². The SMILES string of the molecule is CS(=O)(=O)c1c(Cl)ccc2c1c1cc(Cl)ccc1n2[C@H]1CCCNC[C@@H]1O. The van der Waals surface area contributed by atoms with Crippen LogP contribution in [0.3, 0.4) is 0 Å². The van der Waals surface area contributed by atoms with Crippen molar-refractivity contribution in [2.45, 2.75) is 29.9 Å². The Morgan fingerprint density at radius 3 is 2.67 bits per heavy atom. The summed E-state index contributed by atoms with van der Waals surface area (Å²) in [5, 5.41) is 16.0. The van der Waals surface area contributed by atoms with Gasteiger partial charge >= 0.3 is 0 Å². The Morgan fingerprint density at radius 1 is 1.19 bits per heavy atom. The summed E-state index contributed by atoms with van der Waals surface area (Å²) < 4.78 is 27.1. The van der Waals surface area contributed by atoms with E-state index in [1.807, 2.05) is 16.7 Å². The number of β-amino-alcohol motifs (C(OH)–C–C–N with tert-alkyl or cyclic N) is 1. The maximum atomic E-state index is 12.5. The predicted octanol–water partition coefficient (Wildman–Crippen LogP) is 3.79. The van der Waals surface area contributed by atoms with Crippen LogP contribution in [0, 0.1) is 0 Å². The average Bonchev–Trinajstić information content (AvgIpc) is 2.74. The molecule has 5 nitrogen and oxygen atoms in total. The molecule has 2 N–H and O–H groups in total. The third-order valence-electron chi connectivity index (χ3n) is 5.19. The smallest absolute Gasteiger partial charge is 0.177 e. The van der Waals surface area contributed by atoms with E-state index in [1.165, 1.54) is 0 Å². The lowest BCUT2D eigenvalue weighted by Crippen LogP contribution is -2.31. The molecule has 8 heteroatoms. The molecule has 2 aromatic carbocycles. The summed E-state index contributed by atoms with van der Waals surface area (Å²) in [7, 11) is -3.57. The Kier molecular flexibility index (Phi) is 4.89. The maximum absolute atomic E-state index is 12.5. The zero-order valence-electron chi connectivity index (χ0n) is 14.7. The summed E-state index contributed by atoms with van der Waals surface area (Å²) in [6.45, 7) is 1.34. The monoisotopic (exact) mass is 426 g/mol. The number of benzene rings is 2. The van der Waals surface area contributed by atoms with E-state index in [4.69, 9.17) is 23.2 Å². The molecular weight excluding hydrogens is 407 g/mol. The zero-order valence-corrected chi connectivity index (χ0v) is 17.1. The molecular formula is C19H20Cl2N2O3S. The van der Waals surface area contributed by atoms with Gasteiger partial charge in [0.2, 0.25) is 0 Å². The maximum Gasteiger partial charge on any atom is 0.177 e. The molecule has 0 amide bonds. The van der Waals surface area contributed by atoms with Crippen molar-refractivity contribution in [1.29, 1.82) is 0 Å². The van der Waals surface area contributed by atoms with E-state index in [0.717, 1.165) is 42.1 Å². The first kappa shape index (κ1) is 19.0. The molecule has 0 bridgehead atoms. The van der Waals surface area contributed by atoms with Crippen LogP contribution >= 0.6 is 23.2 Å². The second-order valence-corrected chi connectivity index (χ2v) is 9.85. The van der Waals surface area contributed by atoms with Gasteiger partial charge in [0.05, 0.1) is 27.6 Å². The molecule has 1 saturated heterocycles. The highest BCUT2D eigenvalue weighted by atomic mass is 35.5. The highest BCUT2D eigenvalue weighted by Gasteiger charge is 2.29. The largest absolute Gasteiger partial charge is 0.390 e. The van der Waals surface area contributed by atoms with E-state index in [0.29, 0.717) is 17.0 Å². The van der Waals surface area contributed by atoms with E-state index in [1.54, 1.807) is 18.2 Å². The first-order chi connectivity index (χ1) is 12.8. The third kappa shape index (κ3) is 3.23. The number of nitrogens with one attached hydrogen (secondary N) is 1. The van der Waals surface area contributed by atoms with Gasteiger partial charge in [-0.05, 0) is 49.7 Å². The number of hydrogen-bond acceptors (Lipinski definition) is 4. The summed E-state index contributed by atoms with van der Waals surface area (Å²) in [5.41, 5.74) is 1.58. The van der Waals surface area contributed by atoms with Crippen molar-refractivity contribution >= 4 is 54.8 Å². The van der Waals surface area contributed by atoms with E-state index in [-0.39, 0.29) is 16.0 Å². The van der Waals surface area contributed by atoms with Crippen LogP contribution in [0.25, 0.3) is 21.8 Å². The van der Waals surface area contributed by atoms with E-state index >= 15 is 0 Å². The van der Waals surface area contributed by atoms with Gasteiger partial charge in [-0.15, -0.1) is 0 Å². The number of aliphatic hydroxyl groups is 1. The first-order valence-corrected chi connectivity index (χ1v) is 11.4. The summed E-state index contributed by atoms with van der Waals surface area (Å²) in [5.74, 6) is 0. The number of nitrogens with zero attached hydrogens (tertiary/aromatic N) is 1. The molecule has 0 radical (unpaired) electrons. The molecule has 27 heavy (non-hydrogen) atoms. The fourth-order valence-corrected chi connectivity index (χ4v) is 5.85. The van der Waals surface area contributed by atoms with Crippen molar-refractivity contribution in [1.82, 2.24) is 9.88 Å².